The molecule has 1 saturated heterocycles. The molecule has 1 fully saturated rings. The molecule has 0 spiro atoms. The summed E-state index contributed by atoms with van der Waals surface area (Å²) in [5.41, 5.74) is 1.60. The van der Waals surface area contributed by atoms with Crippen molar-refractivity contribution in [3.05, 3.63) is 89.5 Å². The summed E-state index contributed by atoms with van der Waals surface area (Å²) in [6, 6.07) is 12.9. The first-order valence-electron chi connectivity index (χ1n) is 25.0. The molecule has 6 rings (SSSR count). The largest absolute Gasteiger partial charge is 0.489 e. The summed E-state index contributed by atoms with van der Waals surface area (Å²) in [5, 5.41) is 20.1. The van der Waals surface area contributed by atoms with E-state index in [0.29, 0.717) is 54.3 Å². The Balaban J connectivity index is 0.962. The number of likely N-dealkylation sites (tertiary alicyclic amines) is 1. The lowest BCUT2D eigenvalue weighted by molar-refractivity contribution is -0.144. The Morgan fingerprint density at radius 2 is 1.74 bits per heavy atom. The molecule has 2 bridgehead atoms. The maximum Gasteiger partial charge on any atom is 0.259 e. The minimum absolute atomic E-state index is 0.120. The van der Waals surface area contributed by atoms with Gasteiger partial charge in [-0.25, -0.2) is 13.9 Å². The van der Waals surface area contributed by atoms with Crippen LogP contribution in [0.3, 0.4) is 0 Å². The van der Waals surface area contributed by atoms with Gasteiger partial charge in [-0.3, -0.25) is 24.0 Å². The smallest absolute Gasteiger partial charge is 0.259 e. The standard InChI is InChI=1S/C52H74FN11O8/c1-10-41(36-14-12-11-13-15-36)58-49(67)42-29-38(32-63(42)51(69)46(52(5,6)7)60-48(66)35(4)54-8)55-20-25-71-27-26-70-24-19-45(65)61(9)22-23-62-31-33(2)72-43-17-16-37(53)28-39(43)34(3)57-44-18-21-64-47(59-44)40(30-56-64)50(62)68/h11-18,21,28,30,33-35,38,41-42,46,54-55H,10,19-20,22-27,29,31-32H2,1-9H3,(H,57,59)(H,58,67)(H,60,66)/t33-,34+,35-,38-,41+,42-,46?/m0/s1. The van der Waals surface area contributed by atoms with E-state index in [-0.39, 0.29) is 100 Å². The molecule has 2 aromatic heterocycles. The second kappa shape index (κ2) is 25.4. The fraction of sp³-hybridized carbons (Fsp3) is 0.558. The van der Waals surface area contributed by atoms with Crippen molar-refractivity contribution >= 4 is 41.0 Å². The van der Waals surface area contributed by atoms with Gasteiger partial charge in [0.05, 0.1) is 63.7 Å². The fourth-order valence-electron chi connectivity index (χ4n) is 8.84. The molecule has 4 aromatic rings. The van der Waals surface area contributed by atoms with Crippen molar-refractivity contribution in [1.82, 2.24) is 50.6 Å². The molecule has 72 heavy (non-hydrogen) atoms. The average Bonchev–Trinajstić information content (AvgIpc) is 3.99. The summed E-state index contributed by atoms with van der Waals surface area (Å²) in [5.74, 6) is -0.796. The third kappa shape index (κ3) is 14.5. The summed E-state index contributed by atoms with van der Waals surface area (Å²) in [7, 11) is 3.36. The highest BCUT2D eigenvalue weighted by Gasteiger charge is 2.45. The summed E-state index contributed by atoms with van der Waals surface area (Å²) >= 11 is 0. The average molecular weight is 1000 g/mol. The Bertz CT molecular complexity index is 2470. The third-order valence-corrected chi connectivity index (χ3v) is 13.2. The van der Waals surface area contributed by atoms with E-state index >= 15 is 0 Å². The van der Waals surface area contributed by atoms with Crippen molar-refractivity contribution in [3.8, 4) is 5.75 Å². The monoisotopic (exact) mass is 1000 g/mol. The van der Waals surface area contributed by atoms with Gasteiger partial charge in [-0.05, 0) is 75.9 Å². The second-order valence-corrected chi connectivity index (χ2v) is 19.7. The number of halogens is 1. The second-order valence-electron chi connectivity index (χ2n) is 19.7. The van der Waals surface area contributed by atoms with Crippen LogP contribution < -0.4 is 31.3 Å². The lowest BCUT2D eigenvalue weighted by atomic mass is 9.85. The third-order valence-electron chi connectivity index (χ3n) is 13.2. The van der Waals surface area contributed by atoms with Gasteiger partial charge >= 0.3 is 0 Å². The summed E-state index contributed by atoms with van der Waals surface area (Å²) in [6.45, 7) is 15.5. The van der Waals surface area contributed by atoms with Gasteiger partial charge in [-0.1, -0.05) is 58.0 Å². The van der Waals surface area contributed by atoms with Crippen LogP contribution >= 0.6 is 0 Å². The van der Waals surface area contributed by atoms with Gasteiger partial charge in [-0.15, -0.1) is 0 Å². The van der Waals surface area contributed by atoms with Gasteiger partial charge in [0, 0.05) is 51.0 Å². The van der Waals surface area contributed by atoms with Crippen LogP contribution in [0.1, 0.15) is 101 Å². The Labute approximate surface area is 422 Å². The molecule has 5 amide bonds. The molecule has 4 heterocycles. The number of nitrogens with zero attached hydrogens (tertiary/aromatic N) is 6. The van der Waals surface area contributed by atoms with Gasteiger partial charge in [0.25, 0.3) is 5.91 Å². The van der Waals surface area contributed by atoms with Crippen molar-refractivity contribution in [2.45, 2.75) is 110 Å². The number of hydrogen-bond donors (Lipinski definition) is 5. The van der Waals surface area contributed by atoms with Gasteiger partial charge in [0.1, 0.15) is 41.1 Å². The predicted octanol–water partition coefficient (Wildman–Crippen LogP) is 4.11. The number of amides is 5. The Morgan fingerprint density at radius 1 is 1.00 bits per heavy atom. The molecule has 1 unspecified atom stereocenters. The van der Waals surface area contributed by atoms with E-state index < -0.39 is 35.5 Å². The van der Waals surface area contributed by atoms with Crippen LogP contribution in [0.15, 0.2) is 67.0 Å². The Morgan fingerprint density at radius 3 is 2.44 bits per heavy atom. The van der Waals surface area contributed by atoms with E-state index in [0.717, 1.165) is 5.56 Å². The maximum absolute atomic E-state index is 14.4. The minimum Gasteiger partial charge on any atom is -0.489 e. The zero-order chi connectivity index (χ0) is 52.1. The van der Waals surface area contributed by atoms with E-state index in [2.05, 4.69) is 36.7 Å². The van der Waals surface area contributed by atoms with Gasteiger partial charge in [0.2, 0.25) is 23.6 Å². The Hall–Kier alpha value is -6.22. The number of likely N-dealkylation sites (N-methyl/N-ethyl adjacent to an activating group) is 2. The number of nitrogens with one attached hydrogen (secondary N) is 5. The molecule has 0 radical (unpaired) electrons. The molecule has 19 nitrogen and oxygen atoms in total. The van der Waals surface area contributed by atoms with Crippen LogP contribution in [-0.2, 0) is 28.7 Å². The van der Waals surface area contributed by atoms with E-state index in [1.807, 2.05) is 71.9 Å². The number of anilines is 1. The number of carbonyl (C=O) groups excluding carboxylic acids is 5. The van der Waals surface area contributed by atoms with Crippen LogP contribution in [0.25, 0.3) is 5.65 Å². The molecule has 7 atom stereocenters. The van der Waals surface area contributed by atoms with E-state index in [1.165, 1.54) is 22.8 Å². The van der Waals surface area contributed by atoms with Crippen LogP contribution in [0.5, 0.6) is 5.75 Å². The molecule has 2 aliphatic rings. The van der Waals surface area contributed by atoms with Crippen molar-refractivity contribution < 1.29 is 42.6 Å². The lowest BCUT2D eigenvalue weighted by Crippen LogP contribution is -2.59. The fourth-order valence-corrected chi connectivity index (χ4v) is 8.84. The lowest BCUT2D eigenvalue weighted by Gasteiger charge is -2.36. The topological polar surface area (TPSA) is 213 Å². The number of aromatic nitrogens is 3. The summed E-state index contributed by atoms with van der Waals surface area (Å²) in [4.78, 5) is 78.2. The molecular weight excluding hydrogens is 926 g/mol. The summed E-state index contributed by atoms with van der Waals surface area (Å²) in [6.07, 6.45) is 3.85. The zero-order valence-corrected chi connectivity index (χ0v) is 43.2. The molecule has 2 aromatic carbocycles. The van der Waals surface area contributed by atoms with Crippen LogP contribution in [-0.4, -0.2) is 162 Å². The molecule has 5 N–H and O–H groups in total. The van der Waals surface area contributed by atoms with E-state index in [9.17, 15) is 28.4 Å². The minimum atomic E-state index is -0.868. The van der Waals surface area contributed by atoms with E-state index in [1.54, 1.807) is 54.0 Å². The van der Waals surface area contributed by atoms with Crippen LogP contribution in [0.2, 0.25) is 0 Å². The van der Waals surface area contributed by atoms with Crippen LogP contribution in [0.4, 0.5) is 10.2 Å². The molecule has 0 aliphatic carbocycles. The molecular formula is C52H74FN11O8. The molecule has 392 valence electrons. The Kier molecular flexibility index (Phi) is 19.5. The predicted molar refractivity (Wildman–Crippen MR) is 271 cm³/mol. The van der Waals surface area contributed by atoms with Crippen molar-refractivity contribution in [3.63, 3.8) is 0 Å². The highest BCUT2D eigenvalue weighted by atomic mass is 19.1. The maximum atomic E-state index is 14.4. The zero-order valence-electron chi connectivity index (χ0n) is 43.2. The summed E-state index contributed by atoms with van der Waals surface area (Å²) < 4.78 is 33.9. The highest BCUT2D eigenvalue weighted by molar-refractivity contribution is 6.00. The molecule has 2 aliphatic heterocycles. The molecule has 0 saturated carbocycles. The first-order valence-corrected chi connectivity index (χ1v) is 25.0. The number of hydrogen-bond acceptors (Lipinski definition) is 13. The van der Waals surface area contributed by atoms with Crippen LogP contribution in [0, 0.1) is 11.2 Å². The highest BCUT2D eigenvalue weighted by Crippen LogP contribution is 2.31. The first kappa shape index (κ1) is 55.1. The van der Waals surface area contributed by atoms with Crippen molar-refractivity contribution in [2.75, 3.05) is 78.6 Å². The number of carbonyl (C=O) groups is 5. The van der Waals surface area contributed by atoms with Crippen molar-refractivity contribution in [2.24, 2.45) is 5.41 Å². The normalized spacial score (nSPS) is 19.5. The van der Waals surface area contributed by atoms with Crippen molar-refractivity contribution in [1.29, 1.82) is 0 Å². The number of fused-ring (bicyclic) bond motifs is 2. The number of benzene rings is 2. The SMILES string of the molecule is CC[C@@H](NC(=O)[C@@H]1C[C@H](NCCOCCOCCC(=O)N(C)CCN2C[C@H](C)Oc3ccc(F)cc3[C@@H](C)Nc3ccn4ncc(c4n3)C2=O)CN1C(=O)C(NC(=O)[C@H](C)NC)C(C)(C)C)c1ccccc1. The van der Waals surface area contributed by atoms with Gasteiger partial charge in [0.15, 0.2) is 5.65 Å². The van der Waals surface area contributed by atoms with E-state index in [4.69, 9.17) is 14.2 Å². The quantitative estimate of drug-likeness (QED) is 0.0745. The van der Waals surface area contributed by atoms with Gasteiger partial charge < -0.3 is 55.5 Å². The first-order chi connectivity index (χ1) is 34.4. The molecule has 20 heteroatoms. The van der Waals surface area contributed by atoms with Gasteiger partial charge in [-0.2, -0.15) is 5.10 Å². The number of ether oxygens (including phenoxy) is 3. The number of rotatable bonds is 21.